The van der Waals surface area contributed by atoms with E-state index in [-0.39, 0.29) is 11.4 Å². The number of ether oxygens (including phenoxy) is 1. The van der Waals surface area contributed by atoms with E-state index in [0.717, 1.165) is 5.56 Å². The average Bonchev–Trinajstić information content (AvgIpc) is 3.09. The minimum absolute atomic E-state index is 0.206. The fourth-order valence-corrected chi connectivity index (χ4v) is 2.49. The molecule has 3 rings (SSSR count). The Morgan fingerprint density at radius 1 is 1.15 bits per heavy atom. The van der Waals surface area contributed by atoms with E-state index < -0.39 is 18.5 Å². The predicted molar refractivity (Wildman–Crippen MR) is 98.4 cm³/mol. The molecule has 0 bridgehead atoms. The lowest BCUT2D eigenvalue weighted by Gasteiger charge is -2.10. The number of nitrogens with one attached hydrogen (secondary N) is 1. The van der Waals surface area contributed by atoms with E-state index in [4.69, 9.17) is 4.74 Å². The van der Waals surface area contributed by atoms with Gasteiger partial charge in [0.1, 0.15) is 11.6 Å². The van der Waals surface area contributed by atoms with Gasteiger partial charge in [-0.05, 0) is 30.7 Å². The number of para-hydroxylation sites is 1. The number of aromatic nitrogens is 2. The number of esters is 1. The molecule has 1 amide bonds. The van der Waals surface area contributed by atoms with Crippen molar-refractivity contribution in [1.29, 1.82) is 5.26 Å². The van der Waals surface area contributed by atoms with Crippen LogP contribution in [0.25, 0.3) is 5.69 Å². The largest absolute Gasteiger partial charge is 0.452 e. The lowest BCUT2D eigenvalue weighted by Crippen LogP contribution is -2.23. The topological polar surface area (TPSA) is 97.0 Å². The van der Waals surface area contributed by atoms with Gasteiger partial charge in [-0.3, -0.25) is 4.79 Å². The van der Waals surface area contributed by atoms with E-state index in [1.807, 2.05) is 30.3 Å². The van der Waals surface area contributed by atoms with Crippen LogP contribution in [-0.2, 0) is 9.53 Å². The summed E-state index contributed by atoms with van der Waals surface area (Å²) >= 11 is 0. The number of hydrogen-bond acceptors (Lipinski definition) is 5. The number of carbonyl (C=O) groups excluding carboxylic acids is 2. The summed E-state index contributed by atoms with van der Waals surface area (Å²) in [6.07, 6.45) is 1.36. The first-order valence-electron chi connectivity index (χ1n) is 8.16. The lowest BCUT2D eigenvalue weighted by atomic mass is 10.1. The molecule has 0 fully saturated rings. The van der Waals surface area contributed by atoms with Gasteiger partial charge < -0.3 is 10.1 Å². The van der Waals surface area contributed by atoms with Crippen LogP contribution in [0, 0.1) is 18.3 Å². The molecule has 27 heavy (non-hydrogen) atoms. The van der Waals surface area contributed by atoms with Gasteiger partial charge in [0.25, 0.3) is 5.91 Å². The summed E-state index contributed by atoms with van der Waals surface area (Å²) in [6.45, 7) is 1.31. The van der Waals surface area contributed by atoms with Gasteiger partial charge in [0.05, 0.1) is 17.4 Å². The van der Waals surface area contributed by atoms with Crippen LogP contribution >= 0.6 is 0 Å². The van der Waals surface area contributed by atoms with Gasteiger partial charge in [0, 0.05) is 0 Å². The van der Waals surface area contributed by atoms with Crippen molar-refractivity contribution in [2.45, 2.75) is 6.92 Å². The summed E-state index contributed by atoms with van der Waals surface area (Å²) in [5.41, 5.74) is 2.05. The molecule has 0 saturated heterocycles. The first kappa shape index (κ1) is 17.9. The van der Waals surface area contributed by atoms with Crippen LogP contribution in [0.4, 0.5) is 5.82 Å². The summed E-state index contributed by atoms with van der Waals surface area (Å²) in [5, 5.41) is 16.0. The smallest absolute Gasteiger partial charge is 0.338 e. The summed E-state index contributed by atoms with van der Waals surface area (Å²) in [5.74, 6) is -0.924. The molecule has 0 spiro atoms. The predicted octanol–water partition coefficient (Wildman–Crippen LogP) is 2.85. The van der Waals surface area contributed by atoms with E-state index in [9.17, 15) is 14.9 Å². The van der Waals surface area contributed by atoms with Crippen molar-refractivity contribution in [3.63, 3.8) is 0 Å². The van der Waals surface area contributed by atoms with E-state index in [0.29, 0.717) is 11.3 Å². The highest BCUT2D eigenvalue weighted by Gasteiger charge is 2.17. The number of nitrogens with zero attached hydrogens (tertiary/aromatic N) is 3. The molecule has 2 aromatic carbocycles. The second-order valence-electron chi connectivity index (χ2n) is 5.71. The Balaban J connectivity index is 1.71. The highest BCUT2D eigenvalue weighted by atomic mass is 16.5. The van der Waals surface area contributed by atoms with E-state index >= 15 is 0 Å². The van der Waals surface area contributed by atoms with Crippen molar-refractivity contribution >= 4 is 17.7 Å². The summed E-state index contributed by atoms with van der Waals surface area (Å²) in [6, 6.07) is 18.0. The Hall–Kier alpha value is -3.92. The molecule has 0 saturated carbocycles. The minimum Gasteiger partial charge on any atom is -0.452 e. The number of rotatable bonds is 5. The standard InChI is InChI=1S/C20H16N4O3/c1-14-7-5-6-10-17(14)20(26)27-13-18(25)23-19-15(11-21)12-22-24(19)16-8-3-2-4-9-16/h2-10,12H,13H2,1H3,(H,23,25). The van der Waals surface area contributed by atoms with E-state index in [1.165, 1.54) is 10.9 Å². The van der Waals surface area contributed by atoms with Gasteiger partial charge in [-0.25, -0.2) is 9.48 Å². The third-order valence-electron chi connectivity index (χ3n) is 3.85. The molecule has 0 aliphatic heterocycles. The van der Waals surface area contributed by atoms with Crippen molar-refractivity contribution in [3.8, 4) is 11.8 Å². The van der Waals surface area contributed by atoms with Crippen LogP contribution < -0.4 is 5.32 Å². The van der Waals surface area contributed by atoms with Gasteiger partial charge in [0.15, 0.2) is 12.4 Å². The lowest BCUT2D eigenvalue weighted by molar-refractivity contribution is -0.119. The second-order valence-corrected chi connectivity index (χ2v) is 5.71. The van der Waals surface area contributed by atoms with Gasteiger partial charge in [-0.2, -0.15) is 10.4 Å². The molecule has 1 N–H and O–H groups in total. The number of carbonyl (C=O) groups is 2. The number of anilines is 1. The first-order valence-corrected chi connectivity index (χ1v) is 8.16. The molecule has 134 valence electrons. The maximum atomic E-state index is 12.2. The third-order valence-corrected chi connectivity index (χ3v) is 3.85. The summed E-state index contributed by atoms with van der Waals surface area (Å²) < 4.78 is 6.52. The molecule has 0 unspecified atom stereocenters. The molecule has 1 heterocycles. The molecule has 0 aliphatic carbocycles. The molecule has 0 atom stereocenters. The van der Waals surface area contributed by atoms with Crippen molar-refractivity contribution in [2.24, 2.45) is 0 Å². The highest BCUT2D eigenvalue weighted by Crippen LogP contribution is 2.19. The molecule has 7 heteroatoms. The normalized spacial score (nSPS) is 10.1. The second kappa shape index (κ2) is 7.97. The van der Waals surface area contributed by atoms with Gasteiger partial charge >= 0.3 is 5.97 Å². The minimum atomic E-state index is -0.583. The molecule has 0 radical (unpaired) electrons. The maximum absolute atomic E-state index is 12.2. The van der Waals surface area contributed by atoms with Crippen LogP contribution in [0.2, 0.25) is 0 Å². The van der Waals surface area contributed by atoms with Crippen molar-refractivity contribution in [3.05, 3.63) is 77.5 Å². The van der Waals surface area contributed by atoms with E-state index in [1.54, 1.807) is 37.3 Å². The quantitative estimate of drug-likeness (QED) is 0.706. The number of hydrogen-bond donors (Lipinski definition) is 1. The van der Waals surface area contributed by atoms with Crippen LogP contribution in [-0.4, -0.2) is 28.3 Å². The molecular weight excluding hydrogens is 344 g/mol. The van der Waals surface area contributed by atoms with Crippen molar-refractivity contribution < 1.29 is 14.3 Å². The average molecular weight is 360 g/mol. The Bertz CT molecular complexity index is 1020. The van der Waals surface area contributed by atoms with Gasteiger partial charge in [0.2, 0.25) is 0 Å². The Morgan fingerprint density at radius 2 is 1.85 bits per heavy atom. The zero-order valence-electron chi connectivity index (χ0n) is 14.5. The van der Waals surface area contributed by atoms with Crippen molar-refractivity contribution in [2.75, 3.05) is 11.9 Å². The van der Waals surface area contributed by atoms with Crippen LogP contribution in [0.1, 0.15) is 21.5 Å². The summed E-state index contributed by atoms with van der Waals surface area (Å²) in [4.78, 5) is 24.4. The number of nitriles is 1. The molecule has 7 nitrogen and oxygen atoms in total. The molecule has 3 aromatic rings. The van der Waals surface area contributed by atoms with Gasteiger partial charge in [-0.15, -0.1) is 0 Å². The van der Waals surface area contributed by atoms with Gasteiger partial charge in [-0.1, -0.05) is 36.4 Å². The zero-order valence-corrected chi connectivity index (χ0v) is 14.5. The van der Waals surface area contributed by atoms with Crippen LogP contribution in [0.15, 0.2) is 60.8 Å². The Kier molecular flexibility index (Phi) is 5.28. The number of benzene rings is 2. The first-order chi connectivity index (χ1) is 13.1. The fourth-order valence-electron chi connectivity index (χ4n) is 2.49. The van der Waals surface area contributed by atoms with E-state index in [2.05, 4.69) is 10.4 Å². The summed E-state index contributed by atoms with van der Waals surface area (Å²) in [7, 11) is 0. The van der Waals surface area contributed by atoms with Crippen LogP contribution in [0.3, 0.4) is 0 Å². The highest BCUT2D eigenvalue weighted by molar-refractivity contribution is 5.96. The molecule has 0 aliphatic rings. The SMILES string of the molecule is Cc1ccccc1C(=O)OCC(=O)Nc1c(C#N)cnn1-c1ccccc1. The Labute approximate surface area is 155 Å². The monoisotopic (exact) mass is 360 g/mol. The van der Waals surface area contributed by atoms with Crippen LogP contribution in [0.5, 0.6) is 0 Å². The zero-order chi connectivity index (χ0) is 19.2. The fraction of sp³-hybridized carbons (Fsp3) is 0.100. The number of aryl methyl sites for hydroxylation is 1. The Morgan fingerprint density at radius 3 is 2.56 bits per heavy atom. The number of amides is 1. The molecule has 1 aromatic heterocycles. The maximum Gasteiger partial charge on any atom is 0.338 e. The van der Waals surface area contributed by atoms with Crippen molar-refractivity contribution in [1.82, 2.24) is 9.78 Å². The third kappa shape index (κ3) is 4.02. The molecular formula is C20H16N4O3.